The molecule has 1 aliphatic heterocycles. The average molecular weight is 587 g/mol. The van der Waals surface area contributed by atoms with Gasteiger partial charge in [0.1, 0.15) is 33.8 Å². The predicted octanol–water partition coefficient (Wildman–Crippen LogP) is 6.36. The van der Waals surface area contributed by atoms with Crippen LogP contribution in [0.4, 0.5) is 8.78 Å². The highest BCUT2D eigenvalue weighted by atomic mass is 32.1. The summed E-state index contributed by atoms with van der Waals surface area (Å²) in [5.41, 5.74) is 2.68. The van der Waals surface area contributed by atoms with E-state index in [2.05, 4.69) is 9.97 Å². The number of carboxylic acid groups (broad SMARTS) is 1. The number of ether oxygens (including phenoxy) is 2. The largest absolute Gasteiger partial charge is 0.477 e. The maximum absolute atomic E-state index is 15.4. The van der Waals surface area contributed by atoms with Crippen LogP contribution in [0.2, 0.25) is 0 Å². The van der Waals surface area contributed by atoms with Gasteiger partial charge in [-0.25, -0.2) is 23.5 Å². The number of imidazole rings is 1. The lowest BCUT2D eigenvalue weighted by atomic mass is 10.1. The summed E-state index contributed by atoms with van der Waals surface area (Å²) in [6.45, 7) is 1.13. The molecule has 5 aromatic rings. The Hall–Kier alpha value is -4.66. The number of hydrogen-bond acceptors (Lipinski definition) is 7. The number of carbonyl (C=O) groups is 1. The smallest absolute Gasteiger partial charge is 0.346 e. The molecule has 1 unspecified atom stereocenters. The van der Waals surface area contributed by atoms with E-state index in [0.717, 1.165) is 30.2 Å². The van der Waals surface area contributed by atoms with Crippen molar-refractivity contribution in [3.63, 3.8) is 0 Å². The van der Waals surface area contributed by atoms with Crippen LogP contribution in [0, 0.1) is 23.0 Å². The molecule has 1 fully saturated rings. The standard InChI is InChI=1S/C31H24F2N4O4S/c32-23-11-18(15-34)6-7-21(23)17-41-29-5-1-4-25(35-29)20-9-8-19(24(33)12-20)13-28-36-30-26(14-27(42-30)31(38)39)37(28)16-22-3-2-10-40-22/h1,4-9,11-12,14,22H,2-3,10,13,16-17H2,(H,38,39). The second-order valence-corrected chi connectivity index (χ2v) is 11.0. The Labute approximate surface area is 243 Å². The molecular formula is C31H24F2N4O4S. The zero-order chi connectivity index (χ0) is 29.2. The van der Waals surface area contributed by atoms with E-state index in [1.165, 1.54) is 18.2 Å². The van der Waals surface area contributed by atoms with Crippen molar-refractivity contribution < 1.29 is 28.2 Å². The van der Waals surface area contributed by atoms with Crippen LogP contribution in [-0.4, -0.2) is 38.3 Å². The molecule has 212 valence electrons. The lowest BCUT2D eigenvalue weighted by Gasteiger charge is -2.14. The number of pyridine rings is 1. The van der Waals surface area contributed by atoms with Gasteiger partial charge >= 0.3 is 5.97 Å². The number of thiophene rings is 1. The molecular weight excluding hydrogens is 562 g/mol. The Morgan fingerprint density at radius 1 is 1.12 bits per heavy atom. The molecule has 0 amide bonds. The van der Waals surface area contributed by atoms with Crippen LogP contribution in [0.3, 0.4) is 0 Å². The highest BCUT2D eigenvalue weighted by Crippen LogP contribution is 2.30. The summed E-state index contributed by atoms with van der Waals surface area (Å²) in [5, 5.41) is 18.3. The molecule has 4 heterocycles. The minimum absolute atomic E-state index is 0.00414. The van der Waals surface area contributed by atoms with E-state index in [4.69, 9.17) is 14.7 Å². The molecule has 11 heteroatoms. The molecule has 1 aliphatic rings. The zero-order valence-corrected chi connectivity index (χ0v) is 23.0. The summed E-state index contributed by atoms with van der Waals surface area (Å²) in [7, 11) is 0. The summed E-state index contributed by atoms with van der Waals surface area (Å²) < 4.78 is 43.1. The molecule has 1 atom stereocenters. The fourth-order valence-electron chi connectivity index (χ4n) is 4.96. The molecule has 0 bridgehead atoms. The van der Waals surface area contributed by atoms with Crippen LogP contribution >= 0.6 is 11.3 Å². The number of nitriles is 1. The van der Waals surface area contributed by atoms with Crippen molar-refractivity contribution in [2.24, 2.45) is 0 Å². The first-order valence-corrected chi connectivity index (χ1v) is 14.1. The first kappa shape index (κ1) is 27.5. The van der Waals surface area contributed by atoms with Crippen molar-refractivity contribution in [1.82, 2.24) is 14.5 Å². The van der Waals surface area contributed by atoms with Gasteiger partial charge in [-0.15, -0.1) is 11.3 Å². The minimum atomic E-state index is -1.01. The number of rotatable bonds is 9. The molecule has 0 saturated carbocycles. The summed E-state index contributed by atoms with van der Waals surface area (Å²) in [5.74, 6) is -1.09. The fourth-order valence-corrected chi connectivity index (χ4v) is 5.85. The van der Waals surface area contributed by atoms with Gasteiger partial charge in [0.05, 0.1) is 35.5 Å². The second-order valence-electron chi connectivity index (χ2n) is 9.93. The van der Waals surface area contributed by atoms with E-state index in [1.54, 1.807) is 36.4 Å². The van der Waals surface area contributed by atoms with E-state index in [-0.39, 0.29) is 41.0 Å². The van der Waals surface area contributed by atoms with Crippen molar-refractivity contribution in [3.8, 4) is 23.2 Å². The maximum Gasteiger partial charge on any atom is 0.346 e. The molecule has 8 nitrogen and oxygen atoms in total. The Bertz CT molecular complexity index is 1840. The van der Waals surface area contributed by atoms with Crippen molar-refractivity contribution in [3.05, 3.63) is 99.7 Å². The predicted molar refractivity (Wildman–Crippen MR) is 151 cm³/mol. The third-order valence-electron chi connectivity index (χ3n) is 7.13. The lowest BCUT2D eigenvalue weighted by Crippen LogP contribution is -2.17. The highest BCUT2D eigenvalue weighted by molar-refractivity contribution is 7.20. The van der Waals surface area contributed by atoms with Crippen LogP contribution in [0.25, 0.3) is 21.6 Å². The van der Waals surface area contributed by atoms with Crippen LogP contribution in [0.1, 0.15) is 45.0 Å². The van der Waals surface area contributed by atoms with Gasteiger partial charge in [0, 0.05) is 30.2 Å². The molecule has 0 aliphatic carbocycles. The van der Waals surface area contributed by atoms with E-state index >= 15 is 4.39 Å². The first-order valence-electron chi connectivity index (χ1n) is 13.3. The Morgan fingerprint density at radius 2 is 1.95 bits per heavy atom. The molecule has 0 radical (unpaired) electrons. The number of fused-ring (bicyclic) bond motifs is 1. The van der Waals surface area contributed by atoms with E-state index in [0.29, 0.717) is 46.1 Å². The topological polar surface area (TPSA) is 110 Å². The van der Waals surface area contributed by atoms with E-state index in [9.17, 15) is 14.3 Å². The number of carboxylic acids is 1. The van der Waals surface area contributed by atoms with Gasteiger partial charge < -0.3 is 19.1 Å². The van der Waals surface area contributed by atoms with E-state index < -0.39 is 17.6 Å². The zero-order valence-electron chi connectivity index (χ0n) is 22.2. The second kappa shape index (κ2) is 11.7. The van der Waals surface area contributed by atoms with Gasteiger partial charge in [0.2, 0.25) is 5.88 Å². The summed E-state index contributed by atoms with van der Waals surface area (Å²) in [4.78, 5) is 21.4. The monoisotopic (exact) mass is 586 g/mol. The average Bonchev–Trinajstić information content (AvgIpc) is 3.72. The third-order valence-corrected chi connectivity index (χ3v) is 8.13. The number of hydrogen-bond donors (Lipinski definition) is 1. The van der Waals surface area contributed by atoms with Crippen LogP contribution in [0.5, 0.6) is 5.88 Å². The van der Waals surface area contributed by atoms with Crippen molar-refractivity contribution >= 4 is 27.7 Å². The van der Waals surface area contributed by atoms with E-state index in [1.807, 2.05) is 10.6 Å². The summed E-state index contributed by atoms with van der Waals surface area (Å²) >= 11 is 1.10. The van der Waals surface area contributed by atoms with Gasteiger partial charge in [-0.2, -0.15) is 5.26 Å². The molecule has 3 aromatic heterocycles. The van der Waals surface area contributed by atoms with Crippen molar-refractivity contribution in [2.45, 2.75) is 38.5 Å². The number of aromatic nitrogens is 3. The quantitative estimate of drug-likeness (QED) is 0.214. The van der Waals surface area contributed by atoms with Crippen molar-refractivity contribution in [1.29, 1.82) is 5.26 Å². The number of halogens is 2. The maximum atomic E-state index is 15.4. The normalized spacial score (nSPS) is 14.7. The van der Waals surface area contributed by atoms with Gasteiger partial charge in [-0.3, -0.25) is 0 Å². The molecule has 6 rings (SSSR count). The third kappa shape index (κ3) is 5.72. The summed E-state index contributed by atoms with van der Waals surface area (Å²) in [6, 6.07) is 17.6. The minimum Gasteiger partial charge on any atom is -0.477 e. The van der Waals surface area contributed by atoms with Crippen LogP contribution < -0.4 is 4.74 Å². The molecule has 1 saturated heterocycles. The molecule has 42 heavy (non-hydrogen) atoms. The van der Waals surface area contributed by atoms with Gasteiger partial charge in [-0.1, -0.05) is 24.3 Å². The molecule has 1 N–H and O–H groups in total. The van der Waals surface area contributed by atoms with Crippen LogP contribution in [-0.2, 0) is 24.3 Å². The first-order chi connectivity index (χ1) is 20.4. The summed E-state index contributed by atoms with van der Waals surface area (Å²) in [6.07, 6.45) is 2.08. The molecule has 2 aromatic carbocycles. The molecule has 0 spiro atoms. The van der Waals surface area contributed by atoms with Crippen molar-refractivity contribution in [2.75, 3.05) is 6.61 Å². The lowest BCUT2D eigenvalue weighted by molar-refractivity contribution is 0.0702. The van der Waals surface area contributed by atoms with Crippen LogP contribution in [0.15, 0.2) is 60.7 Å². The SMILES string of the molecule is N#Cc1ccc(COc2cccc(-c3ccc(Cc4nc5sc(C(=O)O)cc5n4CC4CCCO4)c(F)c3)n2)c(F)c1. The Morgan fingerprint density at radius 3 is 2.69 bits per heavy atom. The Kier molecular flexibility index (Phi) is 7.65. The van der Waals surface area contributed by atoms with Gasteiger partial charge in [0.25, 0.3) is 0 Å². The fraction of sp³-hybridized carbons (Fsp3) is 0.226. The number of nitrogens with zero attached hydrogens (tertiary/aromatic N) is 4. The van der Waals surface area contributed by atoms with Gasteiger partial charge in [-0.05, 0) is 48.7 Å². The highest BCUT2D eigenvalue weighted by Gasteiger charge is 2.23. The van der Waals surface area contributed by atoms with Gasteiger partial charge in [0.15, 0.2) is 0 Å². The Balaban J connectivity index is 1.21. The number of benzene rings is 2. The number of aromatic carboxylic acids is 1.